The number of nitrogens with zero attached hydrogens (tertiary/aromatic N) is 2. The second kappa shape index (κ2) is 8.35. The highest BCUT2D eigenvalue weighted by molar-refractivity contribution is 6.46. The normalized spacial score (nSPS) is 18.9. The number of likely N-dealkylation sites (tertiary alicyclic amines) is 1. The number of rotatable bonds is 6. The van der Waals surface area contributed by atoms with Gasteiger partial charge in [0.05, 0.1) is 31.9 Å². The van der Waals surface area contributed by atoms with Crippen molar-refractivity contribution in [3.05, 3.63) is 71.1 Å². The first kappa shape index (κ1) is 19.8. The standard InChI is InChI=1S/C22H25N3O3/c1-15-8-10-16(11-9-15)20(26)18-19(17-7-4-5-12-23-17)25(22(28)21(18)27)14-6-13-24(2)3/h4-5,7-12,19,26H,6,13-14H2,1-3H3/p+1/b20-18+/t19-/m0/s1. The summed E-state index contributed by atoms with van der Waals surface area (Å²) < 4.78 is 0. The molecule has 3 rings (SSSR count). The lowest BCUT2D eigenvalue weighted by molar-refractivity contribution is -0.858. The van der Waals surface area contributed by atoms with Gasteiger partial charge in [-0.1, -0.05) is 35.9 Å². The van der Waals surface area contributed by atoms with E-state index in [1.165, 1.54) is 9.80 Å². The highest BCUT2D eigenvalue weighted by atomic mass is 16.3. The topological polar surface area (TPSA) is 74.9 Å². The highest BCUT2D eigenvalue weighted by Gasteiger charge is 2.46. The first-order chi connectivity index (χ1) is 13.4. The van der Waals surface area contributed by atoms with Crippen molar-refractivity contribution in [2.45, 2.75) is 19.4 Å². The summed E-state index contributed by atoms with van der Waals surface area (Å²) in [6.45, 7) is 3.25. The van der Waals surface area contributed by atoms with E-state index < -0.39 is 17.7 Å². The van der Waals surface area contributed by atoms with Crippen LogP contribution in [0.1, 0.15) is 29.3 Å². The Bertz CT molecular complexity index is 889. The Morgan fingerprint density at radius 1 is 1.14 bits per heavy atom. The zero-order valence-electron chi connectivity index (χ0n) is 16.5. The van der Waals surface area contributed by atoms with E-state index in [9.17, 15) is 14.7 Å². The van der Waals surface area contributed by atoms with Crippen LogP contribution in [0.3, 0.4) is 0 Å². The molecule has 1 aliphatic rings. The van der Waals surface area contributed by atoms with Gasteiger partial charge in [-0.25, -0.2) is 0 Å². The average Bonchev–Trinajstić information content (AvgIpc) is 2.93. The summed E-state index contributed by atoms with van der Waals surface area (Å²) in [6.07, 6.45) is 2.38. The Hall–Kier alpha value is -2.99. The third-order valence-corrected chi connectivity index (χ3v) is 4.91. The molecule has 28 heavy (non-hydrogen) atoms. The summed E-state index contributed by atoms with van der Waals surface area (Å²) in [5.74, 6) is -1.40. The molecular weight excluding hydrogens is 354 g/mol. The molecule has 2 aromatic rings. The molecule has 0 radical (unpaired) electrons. The monoisotopic (exact) mass is 380 g/mol. The molecule has 1 fully saturated rings. The Morgan fingerprint density at radius 2 is 1.86 bits per heavy atom. The van der Waals surface area contributed by atoms with Crippen molar-refractivity contribution in [3.8, 4) is 0 Å². The summed E-state index contributed by atoms with van der Waals surface area (Å²) >= 11 is 0. The number of hydrogen-bond acceptors (Lipinski definition) is 4. The smallest absolute Gasteiger partial charge is 0.295 e. The van der Waals surface area contributed by atoms with Crippen molar-refractivity contribution in [1.82, 2.24) is 9.88 Å². The molecule has 0 aliphatic carbocycles. The minimum Gasteiger partial charge on any atom is -0.507 e. The number of carbonyl (C=O) groups is 2. The van der Waals surface area contributed by atoms with E-state index in [0.717, 1.165) is 18.5 Å². The number of Topliss-reactive ketones (excluding diaryl/α,β-unsaturated/α-hetero) is 1. The number of aromatic nitrogens is 1. The lowest BCUT2D eigenvalue weighted by atomic mass is 9.98. The van der Waals surface area contributed by atoms with Crippen LogP contribution in [-0.4, -0.2) is 53.9 Å². The number of amides is 1. The van der Waals surface area contributed by atoms with Crippen molar-refractivity contribution in [1.29, 1.82) is 0 Å². The second-order valence-electron chi connectivity index (χ2n) is 7.42. The fraction of sp³-hybridized carbons (Fsp3) is 0.318. The third kappa shape index (κ3) is 3.97. The lowest BCUT2D eigenvalue weighted by Gasteiger charge is -2.24. The van der Waals surface area contributed by atoms with Gasteiger partial charge in [0, 0.05) is 24.7 Å². The maximum absolute atomic E-state index is 12.8. The molecule has 146 valence electrons. The maximum Gasteiger partial charge on any atom is 0.295 e. The first-order valence-corrected chi connectivity index (χ1v) is 9.45. The van der Waals surface area contributed by atoms with Crippen LogP contribution in [0.2, 0.25) is 0 Å². The van der Waals surface area contributed by atoms with Gasteiger partial charge in [-0.3, -0.25) is 14.6 Å². The predicted octanol–water partition coefficient (Wildman–Crippen LogP) is 1.35. The van der Waals surface area contributed by atoms with Gasteiger partial charge in [0.25, 0.3) is 11.7 Å². The molecule has 1 aromatic heterocycles. The highest BCUT2D eigenvalue weighted by Crippen LogP contribution is 2.38. The molecule has 1 aromatic carbocycles. The number of hydrogen-bond donors (Lipinski definition) is 2. The molecule has 0 unspecified atom stereocenters. The number of pyridine rings is 1. The zero-order valence-corrected chi connectivity index (χ0v) is 16.5. The largest absolute Gasteiger partial charge is 0.507 e. The summed E-state index contributed by atoms with van der Waals surface area (Å²) in [5.41, 5.74) is 2.24. The summed E-state index contributed by atoms with van der Waals surface area (Å²) in [7, 11) is 4.09. The van der Waals surface area contributed by atoms with E-state index in [4.69, 9.17) is 0 Å². The van der Waals surface area contributed by atoms with E-state index in [0.29, 0.717) is 17.8 Å². The third-order valence-electron chi connectivity index (χ3n) is 4.91. The lowest BCUT2D eigenvalue weighted by Crippen LogP contribution is -3.05. The van der Waals surface area contributed by atoms with Crippen LogP contribution in [0, 0.1) is 6.92 Å². The fourth-order valence-corrected chi connectivity index (χ4v) is 3.43. The van der Waals surface area contributed by atoms with Crippen LogP contribution in [0.15, 0.2) is 54.2 Å². The molecule has 1 amide bonds. The number of ketones is 1. The van der Waals surface area contributed by atoms with E-state index in [1.54, 1.807) is 30.5 Å². The second-order valence-corrected chi connectivity index (χ2v) is 7.42. The number of aliphatic hydroxyl groups excluding tert-OH is 1. The fourth-order valence-electron chi connectivity index (χ4n) is 3.43. The number of nitrogens with one attached hydrogen (secondary N) is 1. The van der Waals surface area contributed by atoms with E-state index in [-0.39, 0.29) is 11.3 Å². The van der Waals surface area contributed by atoms with E-state index in [2.05, 4.69) is 4.98 Å². The molecule has 1 atom stereocenters. The molecule has 2 N–H and O–H groups in total. The zero-order chi connectivity index (χ0) is 20.3. The van der Waals surface area contributed by atoms with Gasteiger partial charge in [0.15, 0.2) is 0 Å². The van der Waals surface area contributed by atoms with Gasteiger partial charge in [0.1, 0.15) is 11.8 Å². The van der Waals surface area contributed by atoms with Crippen LogP contribution in [-0.2, 0) is 9.59 Å². The molecule has 0 bridgehead atoms. The molecule has 6 heteroatoms. The average molecular weight is 380 g/mol. The van der Waals surface area contributed by atoms with Crippen LogP contribution >= 0.6 is 0 Å². The minimum atomic E-state index is -0.681. The maximum atomic E-state index is 12.8. The Kier molecular flexibility index (Phi) is 5.90. The Morgan fingerprint density at radius 3 is 2.46 bits per heavy atom. The molecule has 2 heterocycles. The van der Waals surface area contributed by atoms with Gasteiger partial charge in [-0.05, 0) is 19.1 Å². The van der Waals surface area contributed by atoms with E-state index in [1.807, 2.05) is 39.2 Å². The number of benzene rings is 1. The Labute approximate surface area is 165 Å². The molecule has 6 nitrogen and oxygen atoms in total. The number of carbonyl (C=O) groups excluding carboxylic acids is 2. The summed E-state index contributed by atoms with van der Waals surface area (Å²) in [6, 6.07) is 11.9. The molecule has 0 saturated carbocycles. The minimum absolute atomic E-state index is 0.102. The number of aliphatic hydroxyl groups is 1. The SMILES string of the molecule is Cc1ccc(/C(O)=C2\C(=O)C(=O)N(CCC[NH+](C)C)[C@H]2c2ccccn2)cc1. The van der Waals surface area contributed by atoms with Crippen molar-refractivity contribution in [3.63, 3.8) is 0 Å². The van der Waals surface area contributed by atoms with Crippen LogP contribution in [0.5, 0.6) is 0 Å². The van der Waals surface area contributed by atoms with Gasteiger partial charge in [0.2, 0.25) is 0 Å². The Balaban J connectivity index is 2.06. The quantitative estimate of drug-likeness (QED) is 0.451. The number of aryl methyl sites for hydroxylation is 1. The molecule has 1 saturated heterocycles. The molecule has 0 spiro atoms. The van der Waals surface area contributed by atoms with Crippen LogP contribution in [0.4, 0.5) is 0 Å². The van der Waals surface area contributed by atoms with Crippen molar-refractivity contribution < 1.29 is 19.6 Å². The first-order valence-electron chi connectivity index (χ1n) is 9.45. The van der Waals surface area contributed by atoms with Crippen LogP contribution < -0.4 is 4.90 Å². The van der Waals surface area contributed by atoms with Gasteiger partial charge in [-0.2, -0.15) is 0 Å². The van der Waals surface area contributed by atoms with Crippen molar-refractivity contribution in [2.75, 3.05) is 27.2 Å². The van der Waals surface area contributed by atoms with Gasteiger partial charge < -0.3 is 14.9 Å². The van der Waals surface area contributed by atoms with E-state index >= 15 is 0 Å². The summed E-state index contributed by atoms with van der Waals surface area (Å²) in [5, 5.41) is 10.9. The van der Waals surface area contributed by atoms with Crippen molar-refractivity contribution >= 4 is 17.4 Å². The van der Waals surface area contributed by atoms with Crippen molar-refractivity contribution in [2.24, 2.45) is 0 Å². The van der Waals surface area contributed by atoms with Crippen LogP contribution in [0.25, 0.3) is 5.76 Å². The molecular formula is C22H26N3O3+. The summed E-state index contributed by atoms with van der Waals surface area (Å²) in [4.78, 5) is 32.8. The molecule has 1 aliphatic heterocycles. The predicted molar refractivity (Wildman–Crippen MR) is 107 cm³/mol. The number of quaternary nitrogens is 1. The van der Waals surface area contributed by atoms with Gasteiger partial charge in [-0.15, -0.1) is 0 Å². The van der Waals surface area contributed by atoms with Gasteiger partial charge >= 0.3 is 0 Å².